The SMILES string of the molecule is BrB(Br)Br.C[C@]1(c2ccncc2)COc2cc(O)ccc2[C@H]1CCCCCCCCCSCCCC(F)(F)C(F)(F)F.Cc1ccc2c(c1)OC[C@](C)(c1ccncc1)[C@@H]2CCCCCCCCCSCCCC(F)(F)C(F)(F)F. The fourth-order valence-corrected chi connectivity index (χ4v) is 12.4. The van der Waals surface area contributed by atoms with E-state index in [2.05, 4.69) is 120 Å². The van der Waals surface area contributed by atoms with E-state index >= 15 is 0 Å². The Hall–Kier alpha value is -2.36. The number of benzene rings is 2. The number of aromatic hydroxyl groups is 1. The third kappa shape index (κ3) is 22.9. The molecule has 4 heterocycles. The van der Waals surface area contributed by atoms with Gasteiger partial charge in [-0.3, -0.25) is 9.97 Å². The van der Waals surface area contributed by atoms with E-state index in [0.717, 1.165) is 118 Å². The van der Waals surface area contributed by atoms with Crippen LogP contribution in [0.15, 0.2) is 85.5 Å². The summed E-state index contributed by atoms with van der Waals surface area (Å²) in [6.45, 7) is 7.83. The molecule has 0 fully saturated rings. The number of alkyl halides is 10. The minimum Gasteiger partial charge on any atom is -0.508 e. The number of nitrogens with zero attached hydrogens (tertiary/aromatic N) is 2. The average Bonchev–Trinajstić information content (AvgIpc) is 3.40. The number of aromatic nitrogens is 2. The largest absolute Gasteiger partial charge is 0.508 e. The molecule has 2 aliphatic rings. The summed E-state index contributed by atoms with van der Waals surface area (Å²) in [5.41, 5.74) is 5.79. The highest BCUT2D eigenvalue weighted by molar-refractivity contribution is 9.69. The molecule has 2 aliphatic heterocycles. The lowest BCUT2D eigenvalue weighted by atomic mass is 9.66. The Kier molecular flexibility index (Phi) is 30.3. The maximum atomic E-state index is 12.9. The number of halogens is 13. The van der Waals surface area contributed by atoms with Gasteiger partial charge in [0.2, 0.25) is 0 Å². The molecule has 6 rings (SSSR count). The number of ether oxygens (including phenoxy) is 2. The van der Waals surface area contributed by atoms with Gasteiger partial charge in [0.05, 0.1) is 13.2 Å². The first-order valence-electron chi connectivity index (χ1n) is 27.8. The molecule has 4 aromatic rings. The lowest BCUT2D eigenvalue weighted by Crippen LogP contribution is -2.40. The summed E-state index contributed by atoms with van der Waals surface area (Å²) >= 11 is 12.2. The number of hydrogen-bond donors (Lipinski definition) is 1. The van der Waals surface area contributed by atoms with Gasteiger partial charge in [-0.05, 0) is 133 Å². The normalized spacial score (nSPS) is 19.1. The number of rotatable bonds is 30. The van der Waals surface area contributed by atoms with Crippen LogP contribution in [-0.4, -0.2) is 78.7 Å². The van der Waals surface area contributed by atoms with E-state index in [4.69, 9.17) is 9.47 Å². The highest BCUT2D eigenvalue weighted by Crippen LogP contribution is 2.51. The molecule has 0 unspecified atom stereocenters. The van der Waals surface area contributed by atoms with Crippen LogP contribution in [0.25, 0.3) is 0 Å². The molecule has 4 atom stereocenters. The van der Waals surface area contributed by atoms with Crippen molar-refractivity contribution in [2.24, 2.45) is 0 Å². The molecule has 0 spiro atoms. The van der Waals surface area contributed by atoms with E-state index in [-0.39, 0.29) is 38.5 Å². The van der Waals surface area contributed by atoms with Crippen molar-refractivity contribution in [3.8, 4) is 17.2 Å². The number of phenolic OH excluding ortho intramolecular Hbond substituents is 1. The fourth-order valence-electron chi connectivity index (χ4n) is 10.5. The summed E-state index contributed by atoms with van der Waals surface area (Å²) in [7, 11) is 0. The first kappa shape index (κ1) is 70.1. The van der Waals surface area contributed by atoms with Gasteiger partial charge in [0.1, 0.15) is 17.2 Å². The van der Waals surface area contributed by atoms with Crippen molar-refractivity contribution in [1.29, 1.82) is 0 Å². The fraction of sp³-hybridized carbons (Fsp3) is 0.627. The van der Waals surface area contributed by atoms with Gasteiger partial charge in [0.15, 0.2) is 0 Å². The highest BCUT2D eigenvalue weighted by Gasteiger charge is 2.57. The molecule has 5 nitrogen and oxygen atoms in total. The molecule has 2 aromatic carbocycles. The van der Waals surface area contributed by atoms with Crippen LogP contribution in [0.3, 0.4) is 0 Å². The lowest BCUT2D eigenvalue weighted by molar-refractivity contribution is -0.284. The molecule has 80 heavy (non-hydrogen) atoms. The molecule has 2 aromatic heterocycles. The third-order valence-electron chi connectivity index (χ3n) is 15.1. The first-order valence-corrected chi connectivity index (χ1v) is 32.8. The van der Waals surface area contributed by atoms with Gasteiger partial charge in [0.25, 0.3) is 0 Å². The van der Waals surface area contributed by atoms with Gasteiger partial charge >= 0.3 is 27.4 Å². The van der Waals surface area contributed by atoms with E-state index in [1.165, 1.54) is 58.6 Å². The first-order chi connectivity index (χ1) is 37.8. The lowest BCUT2D eigenvalue weighted by Gasteiger charge is -2.43. The van der Waals surface area contributed by atoms with Gasteiger partial charge in [-0.1, -0.05) is 109 Å². The zero-order valence-corrected chi connectivity index (χ0v) is 52.5. The topological polar surface area (TPSA) is 64.5 Å². The van der Waals surface area contributed by atoms with Gasteiger partial charge < -0.3 is 14.6 Å². The van der Waals surface area contributed by atoms with Crippen LogP contribution in [0.4, 0.5) is 43.9 Å². The zero-order chi connectivity index (χ0) is 58.9. The van der Waals surface area contributed by atoms with E-state index < -0.39 is 37.0 Å². The minimum absolute atomic E-state index is 0.106. The van der Waals surface area contributed by atoms with Crippen molar-refractivity contribution in [1.82, 2.24) is 9.97 Å². The smallest absolute Gasteiger partial charge is 0.453 e. The van der Waals surface area contributed by atoms with Crippen molar-refractivity contribution in [2.45, 2.75) is 196 Å². The zero-order valence-electron chi connectivity index (χ0n) is 46.1. The van der Waals surface area contributed by atoms with Gasteiger partial charge in [0, 0.05) is 66.4 Å². The molecule has 0 radical (unpaired) electrons. The molecule has 0 amide bonds. The Morgan fingerprint density at radius 2 is 0.850 bits per heavy atom. The molecule has 0 aliphatic carbocycles. The number of unbranched alkanes of at least 4 members (excludes halogenated alkanes) is 12. The second-order valence-corrected chi connectivity index (χ2v) is 30.2. The molecule has 448 valence electrons. The molecule has 0 bridgehead atoms. The van der Waals surface area contributed by atoms with E-state index in [9.17, 15) is 49.0 Å². The number of pyridine rings is 2. The van der Waals surface area contributed by atoms with Crippen LogP contribution < -0.4 is 9.47 Å². The van der Waals surface area contributed by atoms with Crippen molar-refractivity contribution in [3.63, 3.8) is 0 Å². The van der Waals surface area contributed by atoms with Crippen LogP contribution >= 0.6 is 70.8 Å². The molecule has 1 N–H and O–H groups in total. The predicted octanol–water partition coefficient (Wildman–Crippen LogP) is 20.9. The minimum atomic E-state index is -5.45. The second-order valence-electron chi connectivity index (χ2n) is 21.4. The summed E-state index contributed by atoms with van der Waals surface area (Å²) in [6, 6.07) is 20.3. The third-order valence-corrected chi connectivity index (χ3v) is 17.5. The Morgan fingerprint density at radius 1 is 0.512 bits per heavy atom. The molecule has 21 heteroatoms. The van der Waals surface area contributed by atoms with E-state index in [1.807, 2.05) is 30.9 Å². The standard InChI is InChI=1S/C30H40F5NOS.C29H38F5NO2S.BBr3/c1-23-12-13-25-26(28(2,22-37-27(25)21-23)24-14-17-36-18-15-24)11-8-6-4-3-5-7-9-19-38-20-10-16-29(31,32)30(33,34)35;1-27(22-13-16-35-17-14-22)21-37-26-20-23(36)11-12-24(26)25(27)10-7-5-3-2-4-6-8-18-38-19-9-15-28(30,31)29(32,33)34;2-1(3)4/h12-15,17-18,21,26H,3-11,16,19-20,22H2,1-2H3;11-14,16-17,20,25,36H,2-10,15,18-19,21H2,1H3;/t26-,28-;25-,27-;/m11./s1. The second kappa shape index (κ2) is 34.6. The van der Waals surface area contributed by atoms with E-state index in [0.29, 0.717) is 30.6 Å². The number of hydrogen-bond acceptors (Lipinski definition) is 7. The van der Waals surface area contributed by atoms with Crippen molar-refractivity contribution < 1.29 is 58.5 Å². The molecular weight excluding hydrogens is 1290 g/mol. The Bertz CT molecular complexity index is 2210. The summed E-state index contributed by atoms with van der Waals surface area (Å²) in [4.78, 5) is 8.36. The average molecular weight is 1370 g/mol. The number of phenols is 1. The molecular formula is C59H78BBr3F10N2O3S2. The Balaban J connectivity index is 0.000000323. The summed E-state index contributed by atoms with van der Waals surface area (Å²) in [5.74, 6) is -4.25. The van der Waals surface area contributed by atoms with Gasteiger partial charge in [-0.15, -0.1) is 47.3 Å². The summed E-state index contributed by atoms with van der Waals surface area (Å²) in [6.07, 6.45) is 11.5. The van der Waals surface area contributed by atoms with Crippen molar-refractivity contribution >= 4 is 74.0 Å². The van der Waals surface area contributed by atoms with Crippen LogP contribution in [0, 0.1) is 6.92 Å². The van der Waals surface area contributed by atoms with Gasteiger partial charge in [-0.2, -0.15) is 67.4 Å². The van der Waals surface area contributed by atoms with Crippen molar-refractivity contribution in [2.75, 3.05) is 36.2 Å². The van der Waals surface area contributed by atoms with Crippen LogP contribution in [0.1, 0.15) is 182 Å². The quantitative estimate of drug-likeness (QED) is 0.0317. The van der Waals surface area contributed by atoms with Crippen LogP contribution in [-0.2, 0) is 10.8 Å². The number of thioether (sulfide) groups is 2. The predicted molar refractivity (Wildman–Crippen MR) is 320 cm³/mol. The van der Waals surface area contributed by atoms with Crippen LogP contribution in [0.5, 0.6) is 17.2 Å². The highest BCUT2D eigenvalue weighted by atomic mass is 79.9. The Morgan fingerprint density at radius 3 is 1.24 bits per heavy atom. The van der Waals surface area contributed by atoms with Crippen LogP contribution in [0.2, 0.25) is 0 Å². The molecule has 0 saturated heterocycles. The van der Waals surface area contributed by atoms with Gasteiger partial charge in [-0.25, -0.2) is 0 Å². The summed E-state index contributed by atoms with van der Waals surface area (Å²) in [5, 5.41) is 9.91. The van der Waals surface area contributed by atoms with Crippen molar-refractivity contribution in [3.05, 3.63) is 113 Å². The summed E-state index contributed by atoms with van der Waals surface area (Å²) < 4.78 is 137. The van der Waals surface area contributed by atoms with E-state index in [1.54, 1.807) is 12.1 Å². The maximum absolute atomic E-state index is 12.9. The Labute approximate surface area is 501 Å². The number of fused-ring (bicyclic) bond motifs is 2. The molecule has 0 saturated carbocycles. The maximum Gasteiger partial charge on any atom is 0.453 e. The monoisotopic (exact) mass is 1360 g/mol. The number of aryl methyl sites for hydroxylation is 1.